The van der Waals surface area contributed by atoms with Gasteiger partial charge in [0.05, 0.1) is 34.4 Å². The third-order valence-electron chi connectivity index (χ3n) is 3.71. The van der Waals surface area contributed by atoms with Crippen molar-refractivity contribution < 1.29 is 23.8 Å². The van der Waals surface area contributed by atoms with Gasteiger partial charge in [-0.2, -0.15) is 5.10 Å². The summed E-state index contributed by atoms with van der Waals surface area (Å²) in [5.74, 6) is 0.0345. The molecule has 162 valence electrons. The fourth-order valence-electron chi connectivity index (χ4n) is 2.24. The number of aromatic nitrogens is 2. The molecule has 0 radical (unpaired) electrons. The number of halogens is 3. The number of methoxy groups -OCH3 is 3. The fraction of sp³-hybridized carbons (Fsp3) is 0.263. The molecule has 1 aromatic heterocycles. The number of hydrogen-bond acceptors (Lipinski definition) is 7. The highest BCUT2D eigenvalue weighted by atomic mass is 127. The van der Waals surface area contributed by atoms with E-state index in [1.54, 1.807) is 23.9 Å². The number of carbonyl (C=O) groups is 2. The summed E-state index contributed by atoms with van der Waals surface area (Å²) in [7, 11) is 4.33. The Kier molecular flexibility index (Phi) is 11.8. The minimum atomic E-state index is -0.425. The second-order valence-electron chi connectivity index (χ2n) is 5.63. The average Bonchev–Trinajstić information content (AvgIpc) is 3.33. The Morgan fingerprint density at radius 2 is 1.70 bits per heavy atom. The van der Waals surface area contributed by atoms with Crippen LogP contribution in [0.25, 0.3) is 0 Å². The number of rotatable bonds is 5. The first kappa shape index (κ1) is 26.8. The van der Waals surface area contributed by atoms with Crippen LogP contribution in [-0.4, -0.2) is 55.3 Å². The molecule has 0 atom stereocenters. The fourth-order valence-corrected chi connectivity index (χ4v) is 3.28. The third-order valence-corrected chi connectivity index (χ3v) is 5.23. The smallest absolute Gasteiger partial charge is 0.358 e. The first-order valence-electron chi connectivity index (χ1n) is 8.31. The molecule has 1 aromatic carbocycles. The molecule has 0 amide bonds. The molecule has 0 N–H and O–H groups in total. The number of carbonyl (C=O) groups excluding carboxylic acids is 2. The number of hydrogen-bond donors (Lipinski definition) is 0. The highest BCUT2D eigenvalue weighted by molar-refractivity contribution is 14.1. The summed E-state index contributed by atoms with van der Waals surface area (Å²) in [5, 5.41) is 4.22. The number of benzene rings is 1. The van der Waals surface area contributed by atoms with Gasteiger partial charge in [-0.1, -0.05) is 12.1 Å². The van der Waals surface area contributed by atoms with Crippen molar-refractivity contribution in [2.45, 2.75) is 6.54 Å². The summed E-state index contributed by atoms with van der Waals surface area (Å²) in [6, 6.07) is 9.43. The van der Waals surface area contributed by atoms with Gasteiger partial charge in [-0.15, -0.1) is 24.0 Å². The van der Waals surface area contributed by atoms with E-state index in [0.717, 1.165) is 18.6 Å². The summed E-state index contributed by atoms with van der Waals surface area (Å²) >= 11 is 4.28. The van der Waals surface area contributed by atoms with E-state index < -0.39 is 5.97 Å². The molecule has 1 aliphatic rings. The van der Waals surface area contributed by atoms with Crippen LogP contribution in [0.3, 0.4) is 0 Å². The maximum Gasteiger partial charge on any atom is 0.358 e. The maximum atomic E-state index is 11.4. The molecular weight excluding hydrogens is 731 g/mol. The first-order chi connectivity index (χ1) is 13.9. The van der Waals surface area contributed by atoms with E-state index in [1.807, 2.05) is 24.3 Å². The lowest BCUT2D eigenvalue weighted by molar-refractivity contribution is -0.132. The number of aliphatic imine (C=N–C) groups is 1. The number of nitrogens with zero attached hydrogens (tertiary/aromatic N) is 3. The Labute approximate surface area is 218 Å². The Morgan fingerprint density at radius 3 is 2.20 bits per heavy atom. The van der Waals surface area contributed by atoms with Gasteiger partial charge in [0.2, 0.25) is 0 Å². The maximum absolute atomic E-state index is 11.4. The summed E-state index contributed by atoms with van der Waals surface area (Å²) in [5.41, 5.74) is 1.82. The average molecular weight is 751 g/mol. The van der Waals surface area contributed by atoms with E-state index >= 15 is 0 Å². The molecule has 11 heteroatoms. The van der Waals surface area contributed by atoms with Crippen molar-refractivity contribution in [2.24, 2.45) is 4.99 Å². The normalized spacial score (nSPS) is 11.9. The molecule has 0 spiro atoms. The van der Waals surface area contributed by atoms with Crippen LogP contribution in [0.2, 0.25) is 0 Å². The van der Waals surface area contributed by atoms with Crippen molar-refractivity contribution in [3.63, 3.8) is 0 Å². The zero-order valence-electron chi connectivity index (χ0n) is 16.4. The van der Waals surface area contributed by atoms with Gasteiger partial charge >= 0.3 is 11.9 Å². The third kappa shape index (κ3) is 7.79. The molecule has 0 unspecified atom stereocenters. The van der Waals surface area contributed by atoms with Crippen LogP contribution in [0.5, 0.6) is 5.75 Å². The van der Waals surface area contributed by atoms with Crippen molar-refractivity contribution >= 4 is 86.8 Å². The predicted molar refractivity (Wildman–Crippen MR) is 140 cm³/mol. The summed E-state index contributed by atoms with van der Waals surface area (Å²) < 4.78 is 17.9. The van der Waals surface area contributed by atoms with Gasteiger partial charge < -0.3 is 14.2 Å². The molecule has 1 aliphatic heterocycles. The molecule has 0 saturated carbocycles. The topological polar surface area (TPSA) is 92.0 Å². The van der Waals surface area contributed by atoms with E-state index in [4.69, 9.17) is 4.74 Å². The van der Waals surface area contributed by atoms with E-state index in [9.17, 15) is 9.59 Å². The molecule has 0 fully saturated rings. The van der Waals surface area contributed by atoms with Crippen molar-refractivity contribution in [3.8, 4) is 5.75 Å². The minimum Gasteiger partial charge on any atom is -0.497 e. The van der Waals surface area contributed by atoms with Crippen LogP contribution < -0.4 is 4.74 Å². The summed E-state index contributed by atoms with van der Waals surface area (Å²) in [6.07, 6.45) is 1.73. The van der Waals surface area contributed by atoms with Gasteiger partial charge in [-0.25, -0.2) is 9.59 Å². The van der Waals surface area contributed by atoms with E-state index in [-0.39, 0.29) is 29.9 Å². The highest BCUT2D eigenvalue weighted by Gasteiger charge is 2.14. The zero-order chi connectivity index (χ0) is 21.4. The first-order valence-corrected chi connectivity index (χ1v) is 10.5. The van der Waals surface area contributed by atoms with E-state index in [1.165, 1.54) is 14.2 Å². The molecule has 2 heterocycles. The molecule has 8 nitrogen and oxygen atoms in total. The zero-order valence-corrected chi connectivity index (χ0v) is 23.1. The number of ether oxygens (including phenoxy) is 3. The molecule has 30 heavy (non-hydrogen) atoms. The Bertz CT molecular complexity index is 939. The van der Waals surface area contributed by atoms with Gasteiger partial charge in [0.1, 0.15) is 15.2 Å². The van der Waals surface area contributed by atoms with Crippen molar-refractivity contribution in [3.05, 3.63) is 54.9 Å². The van der Waals surface area contributed by atoms with Gasteiger partial charge in [-0.05, 0) is 69.0 Å². The van der Waals surface area contributed by atoms with E-state index in [0.29, 0.717) is 24.5 Å². The van der Waals surface area contributed by atoms with Crippen LogP contribution >= 0.6 is 69.2 Å². The summed E-state index contributed by atoms with van der Waals surface area (Å²) in [6.45, 7) is 1.21. The van der Waals surface area contributed by atoms with Crippen LogP contribution in [0.4, 0.5) is 0 Å². The minimum absolute atomic E-state index is 0. The van der Waals surface area contributed by atoms with Crippen LogP contribution in [0, 0.1) is 3.70 Å². The molecular formula is C19H20I3N3O5. The van der Waals surface area contributed by atoms with Crippen molar-refractivity contribution in [2.75, 3.05) is 27.9 Å². The summed E-state index contributed by atoms with van der Waals surface area (Å²) in [4.78, 5) is 26.1. The molecule has 2 aromatic rings. The van der Waals surface area contributed by atoms with Gasteiger partial charge in [0.15, 0.2) is 5.69 Å². The Morgan fingerprint density at radius 1 is 1.07 bits per heavy atom. The molecule has 0 saturated heterocycles. The van der Waals surface area contributed by atoms with Crippen molar-refractivity contribution in [1.29, 1.82) is 0 Å². The van der Waals surface area contributed by atoms with Crippen LogP contribution in [-0.2, 0) is 20.8 Å². The standard InChI is InChI=1S/C13H13IN2O3.C6H6INO2.HI/c1-18-10-5-3-9(4-6-10)8-16-12(14)7-11(15-16)13(17)19-2;1-10-6(9)5-2-4(7)3-8-5;/h3-7H,8H2,1-2H3;2H,3H2,1H3;1H. The molecule has 3 rings (SSSR count). The second-order valence-corrected chi connectivity index (χ2v) is 8.12. The molecule has 0 bridgehead atoms. The quantitative estimate of drug-likeness (QED) is 0.341. The lowest BCUT2D eigenvalue weighted by Crippen LogP contribution is -2.11. The predicted octanol–water partition coefficient (Wildman–Crippen LogP) is 3.88. The van der Waals surface area contributed by atoms with Gasteiger partial charge in [-0.3, -0.25) is 9.67 Å². The number of esters is 2. The monoisotopic (exact) mass is 751 g/mol. The van der Waals surface area contributed by atoms with Gasteiger partial charge in [0.25, 0.3) is 0 Å². The van der Waals surface area contributed by atoms with Gasteiger partial charge in [0, 0.05) is 9.65 Å². The highest BCUT2D eigenvalue weighted by Crippen LogP contribution is 2.15. The largest absolute Gasteiger partial charge is 0.497 e. The SMILES string of the molecule is COC(=O)C1=NCC(I)=C1.COC(=O)c1cc(I)n(Cc2ccc(OC)cc2)n1.I. The van der Waals surface area contributed by atoms with Crippen LogP contribution in [0.15, 0.2) is 45.0 Å². The van der Waals surface area contributed by atoms with Crippen molar-refractivity contribution in [1.82, 2.24) is 9.78 Å². The Balaban J connectivity index is 0.000000348. The molecule has 0 aliphatic carbocycles. The van der Waals surface area contributed by atoms with E-state index in [2.05, 4.69) is 64.7 Å². The second kappa shape index (κ2) is 13.2. The Hall–Kier alpha value is -1.23. The lowest BCUT2D eigenvalue weighted by atomic mass is 10.2. The lowest BCUT2D eigenvalue weighted by Gasteiger charge is -2.05. The van der Waals surface area contributed by atoms with Crippen LogP contribution in [0.1, 0.15) is 16.1 Å².